The first kappa shape index (κ1) is 26.7. The molecule has 3 rings (SSSR count). The molecule has 1 aliphatic heterocycles. The first-order chi connectivity index (χ1) is 16.0. The molecule has 8 heteroatoms. The minimum atomic E-state index is -0.817. The van der Waals surface area contributed by atoms with Crippen molar-refractivity contribution in [2.45, 2.75) is 46.1 Å². The highest BCUT2D eigenvalue weighted by Gasteiger charge is 2.53. The SMILES string of the molecule is COc1cc(/C=C(\C)CC[C@@H](O)C2=C(C(C)C)C[C@H]3C(=O)N(C)C(=O)[C@H]3[C@H]2CO)cc(I)c1O. The number of aromatic hydroxyl groups is 1. The number of aliphatic hydroxyl groups excluding tert-OH is 2. The summed E-state index contributed by atoms with van der Waals surface area (Å²) in [5, 5.41) is 31.5. The first-order valence-corrected chi connectivity index (χ1v) is 12.7. The molecule has 0 saturated carbocycles. The number of hydrogen-bond acceptors (Lipinski definition) is 6. The first-order valence-electron chi connectivity index (χ1n) is 11.6. The molecule has 0 spiro atoms. The van der Waals surface area contributed by atoms with E-state index in [1.54, 1.807) is 6.07 Å². The second kappa shape index (κ2) is 10.8. The molecule has 0 unspecified atom stereocenters. The van der Waals surface area contributed by atoms with Crippen molar-refractivity contribution >= 4 is 40.5 Å². The molecule has 4 atom stereocenters. The van der Waals surface area contributed by atoms with E-state index in [1.165, 1.54) is 19.1 Å². The molecule has 1 fully saturated rings. The number of allylic oxidation sites excluding steroid dienone is 2. The zero-order chi connectivity index (χ0) is 25.3. The Kier molecular flexibility index (Phi) is 8.47. The van der Waals surface area contributed by atoms with Gasteiger partial charge >= 0.3 is 0 Å². The van der Waals surface area contributed by atoms with Crippen molar-refractivity contribution in [3.8, 4) is 11.5 Å². The number of hydrogen-bond donors (Lipinski definition) is 3. The number of carbonyl (C=O) groups excluding carboxylic acids is 2. The summed E-state index contributed by atoms with van der Waals surface area (Å²) in [5.74, 6) is -1.49. The van der Waals surface area contributed by atoms with Crippen molar-refractivity contribution in [1.82, 2.24) is 4.90 Å². The number of phenols is 1. The summed E-state index contributed by atoms with van der Waals surface area (Å²) in [6, 6.07) is 3.62. The van der Waals surface area contributed by atoms with E-state index in [1.807, 2.05) is 32.9 Å². The highest BCUT2D eigenvalue weighted by molar-refractivity contribution is 14.1. The summed E-state index contributed by atoms with van der Waals surface area (Å²) in [6.45, 7) is 5.74. The number of benzene rings is 1. The fourth-order valence-electron chi connectivity index (χ4n) is 5.31. The Morgan fingerprint density at radius 3 is 2.56 bits per heavy atom. The Labute approximate surface area is 214 Å². The topological polar surface area (TPSA) is 107 Å². The maximum atomic E-state index is 12.8. The van der Waals surface area contributed by atoms with Crippen LogP contribution in [0.15, 0.2) is 28.9 Å². The molecule has 1 aliphatic carbocycles. The maximum Gasteiger partial charge on any atom is 0.233 e. The van der Waals surface area contributed by atoms with Gasteiger partial charge in [0.2, 0.25) is 11.8 Å². The lowest BCUT2D eigenvalue weighted by Gasteiger charge is -2.38. The third-order valence-corrected chi connectivity index (χ3v) is 7.91. The standard InChI is InChI=1S/C26H34INO6/c1-13(2)16-11-17-23(26(33)28(4)25(17)32)18(12-29)22(16)20(30)7-6-14(3)8-15-9-19(27)24(31)21(10-15)34-5/h8-10,13,17-18,20,23,29-31H,6-7,11-12H2,1-5H3/b14-8+/t17-,18+,20-,23-/m1/s1. The van der Waals surface area contributed by atoms with Gasteiger partial charge in [0, 0.05) is 13.0 Å². The van der Waals surface area contributed by atoms with Crippen molar-refractivity contribution in [1.29, 1.82) is 0 Å². The van der Waals surface area contributed by atoms with E-state index in [0.717, 1.165) is 22.3 Å². The summed E-state index contributed by atoms with van der Waals surface area (Å²) >= 11 is 2.05. The number of amides is 2. The van der Waals surface area contributed by atoms with Gasteiger partial charge in [0.1, 0.15) is 0 Å². The fourth-order valence-corrected chi connectivity index (χ4v) is 5.94. The molecule has 0 aromatic heterocycles. The van der Waals surface area contributed by atoms with Crippen LogP contribution in [0, 0.1) is 27.2 Å². The number of imide groups is 1. The monoisotopic (exact) mass is 583 g/mol. The number of carbonyl (C=O) groups is 2. The minimum absolute atomic E-state index is 0.0941. The molecule has 2 amide bonds. The number of aliphatic hydroxyl groups is 2. The number of likely N-dealkylation sites (tertiary alicyclic amines) is 1. The van der Waals surface area contributed by atoms with Crippen LogP contribution in [-0.4, -0.2) is 58.9 Å². The summed E-state index contributed by atoms with van der Waals surface area (Å²) in [6.07, 6.45) is 2.66. The van der Waals surface area contributed by atoms with E-state index < -0.39 is 23.9 Å². The van der Waals surface area contributed by atoms with Gasteiger partial charge in [0.25, 0.3) is 0 Å². The van der Waals surface area contributed by atoms with Crippen LogP contribution in [0.3, 0.4) is 0 Å². The van der Waals surface area contributed by atoms with Gasteiger partial charge in [-0.05, 0) is 78.0 Å². The fraction of sp³-hybridized carbons (Fsp3) is 0.538. The van der Waals surface area contributed by atoms with Gasteiger partial charge in [-0.15, -0.1) is 0 Å². The van der Waals surface area contributed by atoms with Crippen molar-refractivity contribution in [3.63, 3.8) is 0 Å². The minimum Gasteiger partial charge on any atom is -0.504 e. The number of halogens is 1. The maximum absolute atomic E-state index is 12.8. The largest absolute Gasteiger partial charge is 0.504 e. The zero-order valence-electron chi connectivity index (χ0n) is 20.3. The van der Waals surface area contributed by atoms with Crippen molar-refractivity contribution in [3.05, 3.63) is 38.0 Å². The molecule has 1 aromatic rings. The molecule has 186 valence electrons. The number of nitrogens with zero attached hydrogens (tertiary/aromatic N) is 1. The predicted octanol–water partition coefficient (Wildman–Crippen LogP) is 3.75. The molecule has 2 aliphatic rings. The molecule has 0 bridgehead atoms. The smallest absolute Gasteiger partial charge is 0.233 e. The van der Waals surface area contributed by atoms with Crippen LogP contribution in [0.1, 0.15) is 45.6 Å². The summed E-state index contributed by atoms with van der Waals surface area (Å²) < 4.78 is 5.92. The van der Waals surface area contributed by atoms with Gasteiger partial charge < -0.3 is 20.1 Å². The Hall–Kier alpha value is -1.91. The lowest BCUT2D eigenvalue weighted by Crippen LogP contribution is -2.39. The van der Waals surface area contributed by atoms with Crippen LogP contribution in [-0.2, 0) is 9.59 Å². The predicted molar refractivity (Wildman–Crippen MR) is 138 cm³/mol. The van der Waals surface area contributed by atoms with Gasteiger partial charge in [-0.1, -0.05) is 31.1 Å². The number of fused-ring (bicyclic) bond motifs is 1. The average molecular weight is 583 g/mol. The molecule has 7 nitrogen and oxygen atoms in total. The van der Waals surface area contributed by atoms with Crippen LogP contribution in [0.4, 0.5) is 0 Å². The molecule has 34 heavy (non-hydrogen) atoms. The molecule has 1 saturated heterocycles. The Bertz CT molecular complexity index is 1030. The van der Waals surface area contributed by atoms with Crippen LogP contribution < -0.4 is 4.74 Å². The molecule has 1 heterocycles. The average Bonchev–Trinajstić information content (AvgIpc) is 3.02. The number of methoxy groups -OCH3 is 1. The molecular formula is C26H34INO6. The third kappa shape index (κ3) is 5.04. The van der Waals surface area contributed by atoms with Crippen LogP contribution >= 0.6 is 22.6 Å². The second-order valence-electron chi connectivity index (χ2n) is 9.59. The Morgan fingerprint density at radius 2 is 1.97 bits per heavy atom. The lowest BCUT2D eigenvalue weighted by atomic mass is 9.66. The summed E-state index contributed by atoms with van der Waals surface area (Å²) in [7, 11) is 3.00. The second-order valence-corrected chi connectivity index (χ2v) is 10.8. The summed E-state index contributed by atoms with van der Waals surface area (Å²) in [5.41, 5.74) is 3.63. The van der Waals surface area contributed by atoms with Crippen molar-refractivity contribution < 1.29 is 29.6 Å². The van der Waals surface area contributed by atoms with E-state index in [-0.39, 0.29) is 30.1 Å². The zero-order valence-corrected chi connectivity index (χ0v) is 22.5. The third-order valence-electron chi connectivity index (χ3n) is 7.09. The van der Waals surface area contributed by atoms with E-state index >= 15 is 0 Å². The van der Waals surface area contributed by atoms with E-state index in [0.29, 0.717) is 28.6 Å². The molecule has 0 radical (unpaired) electrons. The van der Waals surface area contributed by atoms with Crippen LogP contribution in [0.2, 0.25) is 0 Å². The summed E-state index contributed by atoms with van der Waals surface area (Å²) in [4.78, 5) is 26.6. The van der Waals surface area contributed by atoms with Gasteiger partial charge in [-0.3, -0.25) is 14.5 Å². The van der Waals surface area contributed by atoms with Gasteiger partial charge in [0.05, 0.1) is 35.2 Å². The quantitative estimate of drug-likeness (QED) is 0.245. The Balaban J connectivity index is 1.84. The van der Waals surface area contributed by atoms with E-state index in [2.05, 4.69) is 22.6 Å². The molecule has 1 aromatic carbocycles. The molecule has 3 N–H and O–H groups in total. The van der Waals surface area contributed by atoms with E-state index in [9.17, 15) is 24.9 Å². The van der Waals surface area contributed by atoms with Gasteiger partial charge in [0.15, 0.2) is 11.5 Å². The number of rotatable bonds is 8. The number of phenolic OH excluding ortho intramolecular Hbond substituents is 1. The van der Waals surface area contributed by atoms with Crippen molar-refractivity contribution in [2.75, 3.05) is 20.8 Å². The normalized spacial score (nSPS) is 24.2. The Morgan fingerprint density at radius 1 is 1.29 bits per heavy atom. The lowest BCUT2D eigenvalue weighted by molar-refractivity contribution is -0.138. The highest BCUT2D eigenvalue weighted by atomic mass is 127. The molecular weight excluding hydrogens is 549 g/mol. The highest BCUT2D eigenvalue weighted by Crippen LogP contribution is 2.47. The van der Waals surface area contributed by atoms with Crippen LogP contribution in [0.5, 0.6) is 11.5 Å². The van der Waals surface area contributed by atoms with Gasteiger partial charge in [-0.25, -0.2) is 0 Å². The van der Waals surface area contributed by atoms with Crippen molar-refractivity contribution in [2.24, 2.45) is 23.7 Å². The van der Waals surface area contributed by atoms with Crippen LogP contribution in [0.25, 0.3) is 6.08 Å². The van der Waals surface area contributed by atoms with Gasteiger partial charge in [-0.2, -0.15) is 0 Å². The number of ether oxygens (including phenoxy) is 1. The van der Waals surface area contributed by atoms with E-state index in [4.69, 9.17) is 4.74 Å².